The van der Waals surface area contributed by atoms with Gasteiger partial charge < -0.3 is 9.47 Å². The van der Waals surface area contributed by atoms with Gasteiger partial charge in [0, 0.05) is 32.2 Å². The number of halogens is 3. The fourth-order valence-corrected chi connectivity index (χ4v) is 5.21. The summed E-state index contributed by atoms with van der Waals surface area (Å²) in [5, 5.41) is 11.1. The fraction of sp³-hybridized carbons (Fsp3) is 0.120. The number of imide groups is 1. The normalized spacial score (nSPS) is 14.4. The number of nitro groups is 1. The molecule has 1 saturated heterocycles. The highest BCUT2D eigenvalue weighted by Crippen LogP contribution is 2.39. The number of thioether (sulfide) groups is 1. The van der Waals surface area contributed by atoms with E-state index in [-0.39, 0.29) is 23.7 Å². The SMILES string of the molecule is COc1cc(/C=C2\SC(=O)N(Cc3c(Cl)cccc3Cl)C2=O)c(Br)cc1OCc1ccc([N+](=O)[O-])cc1. The number of hydrogen-bond donors (Lipinski definition) is 0. The van der Waals surface area contributed by atoms with E-state index >= 15 is 0 Å². The lowest BCUT2D eigenvalue weighted by Crippen LogP contribution is -2.27. The molecule has 3 aromatic carbocycles. The molecule has 0 unspecified atom stereocenters. The number of ether oxygens (including phenoxy) is 2. The molecule has 1 aliphatic heterocycles. The van der Waals surface area contributed by atoms with Crippen molar-refractivity contribution in [3.05, 3.63) is 101 Å². The highest BCUT2D eigenvalue weighted by molar-refractivity contribution is 9.10. The van der Waals surface area contributed by atoms with Gasteiger partial charge in [-0.2, -0.15) is 0 Å². The van der Waals surface area contributed by atoms with Crippen LogP contribution in [0.2, 0.25) is 10.0 Å². The molecule has 3 aromatic rings. The maximum absolute atomic E-state index is 13.0. The zero-order valence-corrected chi connectivity index (χ0v) is 23.0. The molecule has 0 bridgehead atoms. The van der Waals surface area contributed by atoms with Crippen LogP contribution in [0.5, 0.6) is 11.5 Å². The molecule has 1 heterocycles. The summed E-state index contributed by atoms with van der Waals surface area (Å²) in [7, 11) is 1.48. The van der Waals surface area contributed by atoms with E-state index in [2.05, 4.69) is 15.9 Å². The first-order chi connectivity index (χ1) is 17.7. The van der Waals surface area contributed by atoms with Crippen LogP contribution in [0.4, 0.5) is 10.5 Å². The van der Waals surface area contributed by atoms with E-state index in [1.807, 2.05) is 0 Å². The minimum Gasteiger partial charge on any atom is -0.493 e. The van der Waals surface area contributed by atoms with Gasteiger partial charge in [-0.3, -0.25) is 24.6 Å². The topological polar surface area (TPSA) is 99.0 Å². The standard InChI is InChI=1S/C25H17BrCl2N2O6S/c1-35-21-9-15(18(26)11-22(21)36-13-14-5-7-16(8-6-14)30(33)34)10-23-24(31)29(25(32)37-23)12-17-19(27)3-2-4-20(17)28/h2-11H,12-13H2,1H3/b23-10-. The number of carbonyl (C=O) groups excluding carboxylic acids is 2. The quantitative estimate of drug-likeness (QED) is 0.146. The first kappa shape index (κ1) is 27.0. The van der Waals surface area contributed by atoms with Crippen molar-refractivity contribution < 1.29 is 24.0 Å². The predicted molar refractivity (Wildman–Crippen MR) is 146 cm³/mol. The predicted octanol–water partition coefficient (Wildman–Crippen LogP) is 7.49. The fourth-order valence-electron chi connectivity index (χ4n) is 3.43. The number of non-ortho nitro benzene ring substituents is 1. The number of methoxy groups -OCH3 is 1. The molecule has 4 rings (SSSR count). The van der Waals surface area contributed by atoms with E-state index in [0.717, 1.165) is 22.2 Å². The van der Waals surface area contributed by atoms with Gasteiger partial charge in [0.25, 0.3) is 16.8 Å². The molecule has 0 atom stereocenters. The monoisotopic (exact) mass is 622 g/mol. The molecule has 190 valence electrons. The number of hydrogen-bond acceptors (Lipinski definition) is 7. The van der Waals surface area contributed by atoms with Gasteiger partial charge in [0.1, 0.15) is 6.61 Å². The van der Waals surface area contributed by atoms with Gasteiger partial charge in [-0.25, -0.2) is 0 Å². The van der Waals surface area contributed by atoms with Crippen molar-refractivity contribution >= 4 is 73.8 Å². The summed E-state index contributed by atoms with van der Waals surface area (Å²) in [6.07, 6.45) is 1.59. The Morgan fingerprint density at radius 2 is 1.76 bits per heavy atom. The lowest BCUT2D eigenvalue weighted by Gasteiger charge is -2.15. The molecular formula is C25H17BrCl2N2O6S. The summed E-state index contributed by atoms with van der Waals surface area (Å²) in [6, 6.07) is 14.4. The molecule has 0 radical (unpaired) electrons. The summed E-state index contributed by atoms with van der Waals surface area (Å²) in [4.78, 5) is 37.3. The minimum atomic E-state index is -0.468. The maximum Gasteiger partial charge on any atom is 0.293 e. The number of amides is 2. The van der Waals surface area contributed by atoms with E-state index in [1.54, 1.807) is 48.5 Å². The largest absolute Gasteiger partial charge is 0.493 e. The van der Waals surface area contributed by atoms with Gasteiger partial charge in [-0.15, -0.1) is 0 Å². The molecule has 0 N–H and O–H groups in total. The first-order valence-electron chi connectivity index (χ1n) is 10.6. The molecule has 12 heteroatoms. The third kappa shape index (κ3) is 6.10. The molecule has 1 fully saturated rings. The van der Waals surface area contributed by atoms with Crippen LogP contribution in [0.25, 0.3) is 6.08 Å². The van der Waals surface area contributed by atoms with Gasteiger partial charge in [-0.1, -0.05) is 45.2 Å². The van der Waals surface area contributed by atoms with Crippen molar-refractivity contribution in [1.82, 2.24) is 4.90 Å². The summed E-state index contributed by atoms with van der Waals surface area (Å²) < 4.78 is 11.9. The zero-order valence-electron chi connectivity index (χ0n) is 19.1. The van der Waals surface area contributed by atoms with Gasteiger partial charge in [0.2, 0.25) is 0 Å². The average molecular weight is 624 g/mol. The number of benzene rings is 3. The Morgan fingerprint density at radius 1 is 1.08 bits per heavy atom. The van der Waals surface area contributed by atoms with E-state index in [0.29, 0.717) is 37.1 Å². The smallest absolute Gasteiger partial charge is 0.293 e. The Morgan fingerprint density at radius 3 is 2.38 bits per heavy atom. The Hall–Kier alpha value is -3.05. The van der Waals surface area contributed by atoms with Gasteiger partial charge in [0.15, 0.2) is 11.5 Å². The molecule has 0 aromatic heterocycles. The number of carbonyl (C=O) groups is 2. The average Bonchev–Trinajstić information content (AvgIpc) is 3.13. The third-order valence-corrected chi connectivity index (χ3v) is 7.66. The highest BCUT2D eigenvalue weighted by Gasteiger charge is 2.36. The molecule has 0 spiro atoms. The van der Waals surface area contributed by atoms with Crippen LogP contribution < -0.4 is 9.47 Å². The summed E-state index contributed by atoms with van der Waals surface area (Å²) in [6.45, 7) is 0.115. The second kappa shape index (κ2) is 11.6. The van der Waals surface area contributed by atoms with E-state index in [1.165, 1.54) is 19.2 Å². The molecule has 0 aliphatic carbocycles. The van der Waals surface area contributed by atoms with Gasteiger partial charge in [0.05, 0.1) is 23.5 Å². The van der Waals surface area contributed by atoms with Crippen molar-refractivity contribution in [3.63, 3.8) is 0 Å². The van der Waals surface area contributed by atoms with Crippen molar-refractivity contribution in [1.29, 1.82) is 0 Å². The molecule has 8 nitrogen and oxygen atoms in total. The third-order valence-electron chi connectivity index (χ3n) is 5.36. The molecule has 37 heavy (non-hydrogen) atoms. The summed E-state index contributed by atoms with van der Waals surface area (Å²) >= 11 is 16.7. The van der Waals surface area contributed by atoms with E-state index in [4.69, 9.17) is 32.7 Å². The van der Waals surface area contributed by atoms with Crippen molar-refractivity contribution in [2.45, 2.75) is 13.2 Å². The van der Waals surface area contributed by atoms with Crippen molar-refractivity contribution in [2.75, 3.05) is 7.11 Å². The van der Waals surface area contributed by atoms with Crippen LogP contribution >= 0.6 is 50.9 Å². The van der Waals surface area contributed by atoms with Gasteiger partial charge in [-0.05, 0) is 65.4 Å². The maximum atomic E-state index is 13.0. The van der Waals surface area contributed by atoms with E-state index < -0.39 is 16.1 Å². The lowest BCUT2D eigenvalue weighted by molar-refractivity contribution is -0.384. The second-order valence-electron chi connectivity index (χ2n) is 7.70. The number of nitrogens with zero attached hydrogens (tertiary/aromatic N) is 2. The van der Waals surface area contributed by atoms with Crippen molar-refractivity contribution in [3.8, 4) is 11.5 Å². The van der Waals surface area contributed by atoms with Crippen molar-refractivity contribution in [2.24, 2.45) is 0 Å². The van der Waals surface area contributed by atoms with Crippen LogP contribution in [-0.4, -0.2) is 28.1 Å². The summed E-state index contributed by atoms with van der Waals surface area (Å²) in [5.74, 6) is 0.361. The van der Waals surface area contributed by atoms with Crippen LogP contribution in [0.3, 0.4) is 0 Å². The second-order valence-corrected chi connectivity index (χ2v) is 10.4. The zero-order chi connectivity index (χ0) is 26.7. The lowest BCUT2D eigenvalue weighted by atomic mass is 10.1. The Labute approximate surface area is 234 Å². The molecule has 2 amide bonds. The highest BCUT2D eigenvalue weighted by atomic mass is 79.9. The Bertz CT molecular complexity index is 1410. The van der Waals surface area contributed by atoms with Crippen LogP contribution in [-0.2, 0) is 17.9 Å². The summed E-state index contributed by atoms with van der Waals surface area (Å²) in [5.41, 5.74) is 1.82. The van der Waals surface area contributed by atoms with Crippen LogP contribution in [0.15, 0.2) is 64.0 Å². The molecular weight excluding hydrogens is 607 g/mol. The van der Waals surface area contributed by atoms with Gasteiger partial charge >= 0.3 is 0 Å². The number of rotatable bonds is 8. The Balaban J connectivity index is 1.53. The molecule has 1 aliphatic rings. The van der Waals surface area contributed by atoms with Crippen LogP contribution in [0.1, 0.15) is 16.7 Å². The first-order valence-corrected chi connectivity index (χ1v) is 13.0. The van der Waals surface area contributed by atoms with Crippen LogP contribution in [0, 0.1) is 10.1 Å². The minimum absolute atomic E-state index is 0.00666. The molecule has 0 saturated carbocycles. The Kier molecular flexibility index (Phi) is 8.43. The van der Waals surface area contributed by atoms with E-state index in [9.17, 15) is 19.7 Å². The number of nitro benzene ring substituents is 1.